The third kappa shape index (κ3) is 5.33. The molecule has 8 heteroatoms. The van der Waals surface area contributed by atoms with Crippen LogP contribution in [0.5, 0.6) is 0 Å². The molecule has 2 aromatic carbocycles. The van der Waals surface area contributed by atoms with Gasteiger partial charge in [-0.3, -0.25) is 4.79 Å². The van der Waals surface area contributed by atoms with Gasteiger partial charge in [-0.25, -0.2) is 0 Å². The molecule has 0 saturated carbocycles. The first-order chi connectivity index (χ1) is 14.1. The second-order valence-corrected chi connectivity index (χ2v) is 7.93. The Balaban J connectivity index is 1.73. The number of halogens is 4. The Labute approximate surface area is 178 Å². The lowest BCUT2D eigenvalue weighted by Gasteiger charge is -2.27. The molecule has 30 heavy (non-hydrogen) atoms. The number of carbonyl (C=O) groups is 1. The lowest BCUT2D eigenvalue weighted by atomic mass is 10.0. The maximum absolute atomic E-state index is 13.0. The van der Waals surface area contributed by atoms with Gasteiger partial charge >= 0.3 is 6.18 Å². The van der Waals surface area contributed by atoms with Crippen molar-refractivity contribution < 1.29 is 22.8 Å². The minimum atomic E-state index is -4.44. The van der Waals surface area contributed by atoms with E-state index in [4.69, 9.17) is 16.4 Å². The molecule has 1 atom stereocenters. The molecule has 1 amide bonds. The predicted octanol–water partition coefficient (Wildman–Crippen LogP) is 5.54. The van der Waals surface area contributed by atoms with Crippen molar-refractivity contribution in [3.8, 4) is 0 Å². The smallest absolute Gasteiger partial charge is 0.390 e. The van der Waals surface area contributed by atoms with Gasteiger partial charge in [0.25, 0.3) is 0 Å². The van der Waals surface area contributed by atoms with Gasteiger partial charge in [-0.15, -0.1) is 0 Å². The molecule has 0 spiro atoms. The highest BCUT2D eigenvalue weighted by Gasteiger charge is 2.31. The SMILES string of the molecule is CC(C)C(=O)N(Cc1cccc(C(F)(F)F)c1)CC1CC(c2ccccc2Cl)=NO1. The fraction of sp³-hybridized carbons (Fsp3) is 0.364. The van der Waals surface area contributed by atoms with Gasteiger partial charge < -0.3 is 9.74 Å². The van der Waals surface area contributed by atoms with Crippen molar-refractivity contribution in [2.75, 3.05) is 6.54 Å². The van der Waals surface area contributed by atoms with Gasteiger partial charge in [0.05, 0.1) is 17.8 Å². The third-order valence-electron chi connectivity index (χ3n) is 4.78. The third-order valence-corrected chi connectivity index (χ3v) is 5.10. The van der Waals surface area contributed by atoms with Crippen LogP contribution < -0.4 is 0 Å². The van der Waals surface area contributed by atoms with E-state index in [1.807, 2.05) is 18.2 Å². The fourth-order valence-electron chi connectivity index (χ4n) is 3.29. The van der Waals surface area contributed by atoms with Crippen molar-refractivity contribution in [3.05, 3.63) is 70.2 Å². The molecule has 1 aliphatic heterocycles. The zero-order valence-corrected chi connectivity index (χ0v) is 17.4. The largest absolute Gasteiger partial charge is 0.416 e. The minimum absolute atomic E-state index is 0.0578. The zero-order valence-electron chi connectivity index (χ0n) is 16.6. The van der Waals surface area contributed by atoms with Crippen molar-refractivity contribution in [2.24, 2.45) is 11.1 Å². The number of hydrogen-bond acceptors (Lipinski definition) is 3. The summed E-state index contributed by atoms with van der Waals surface area (Å²) in [7, 11) is 0. The molecule has 1 unspecified atom stereocenters. The number of rotatable bonds is 6. The van der Waals surface area contributed by atoms with Gasteiger partial charge in [-0.1, -0.05) is 60.9 Å². The second kappa shape index (κ2) is 9.08. The van der Waals surface area contributed by atoms with Gasteiger partial charge in [0.1, 0.15) is 0 Å². The first-order valence-corrected chi connectivity index (χ1v) is 9.95. The van der Waals surface area contributed by atoms with E-state index in [2.05, 4.69) is 5.16 Å². The quantitative estimate of drug-likeness (QED) is 0.594. The van der Waals surface area contributed by atoms with Crippen LogP contribution in [0.3, 0.4) is 0 Å². The molecule has 3 rings (SSSR count). The van der Waals surface area contributed by atoms with Gasteiger partial charge in [0.15, 0.2) is 6.10 Å². The monoisotopic (exact) mass is 438 g/mol. The number of hydrogen-bond donors (Lipinski definition) is 0. The highest BCUT2D eigenvalue weighted by molar-refractivity contribution is 6.34. The molecule has 4 nitrogen and oxygen atoms in total. The van der Waals surface area contributed by atoms with Crippen LogP contribution in [0.1, 0.15) is 37.0 Å². The van der Waals surface area contributed by atoms with Crippen LogP contribution in [0, 0.1) is 5.92 Å². The Hall–Kier alpha value is -2.54. The highest BCUT2D eigenvalue weighted by Crippen LogP contribution is 2.30. The van der Waals surface area contributed by atoms with E-state index in [0.29, 0.717) is 22.7 Å². The van der Waals surface area contributed by atoms with Crippen LogP contribution in [0.25, 0.3) is 0 Å². The van der Waals surface area contributed by atoms with Gasteiger partial charge in [-0.2, -0.15) is 13.2 Å². The fourth-order valence-corrected chi connectivity index (χ4v) is 3.54. The van der Waals surface area contributed by atoms with Crippen LogP contribution in [0.2, 0.25) is 5.02 Å². The maximum atomic E-state index is 13.0. The summed E-state index contributed by atoms with van der Waals surface area (Å²) < 4.78 is 39.1. The Morgan fingerprint density at radius 3 is 2.63 bits per heavy atom. The molecular formula is C22H22ClF3N2O2. The Morgan fingerprint density at radius 2 is 1.97 bits per heavy atom. The van der Waals surface area contributed by atoms with Gasteiger partial charge in [0, 0.05) is 29.5 Å². The first-order valence-electron chi connectivity index (χ1n) is 9.57. The van der Waals surface area contributed by atoms with E-state index in [1.165, 1.54) is 11.0 Å². The van der Waals surface area contributed by atoms with E-state index >= 15 is 0 Å². The van der Waals surface area contributed by atoms with Crippen LogP contribution in [-0.4, -0.2) is 29.2 Å². The van der Waals surface area contributed by atoms with Crippen molar-refractivity contribution >= 4 is 23.2 Å². The van der Waals surface area contributed by atoms with Crippen molar-refractivity contribution in [2.45, 2.75) is 39.1 Å². The number of oxime groups is 1. The standard InChI is InChI=1S/C22H22ClF3N2O2/c1-14(2)21(29)28(12-15-6-5-7-16(10-15)22(24,25)26)13-17-11-20(27-30-17)18-8-3-4-9-19(18)23/h3-10,14,17H,11-13H2,1-2H3. The summed E-state index contributed by atoms with van der Waals surface area (Å²) in [6.07, 6.45) is -4.38. The van der Waals surface area contributed by atoms with Gasteiger partial charge in [-0.05, 0) is 23.8 Å². The molecule has 0 saturated heterocycles. The average Bonchev–Trinajstić information content (AvgIpc) is 3.15. The second-order valence-electron chi connectivity index (χ2n) is 7.52. The lowest BCUT2D eigenvalue weighted by molar-refractivity contribution is -0.137. The van der Waals surface area contributed by atoms with Crippen molar-refractivity contribution in [1.82, 2.24) is 4.90 Å². The molecule has 1 heterocycles. The molecule has 0 radical (unpaired) electrons. The van der Waals surface area contributed by atoms with E-state index in [-0.39, 0.29) is 24.9 Å². The summed E-state index contributed by atoms with van der Waals surface area (Å²) in [5.41, 5.74) is 1.12. The van der Waals surface area contributed by atoms with E-state index in [1.54, 1.807) is 26.0 Å². The van der Waals surface area contributed by atoms with Gasteiger partial charge in [0.2, 0.25) is 5.91 Å². The van der Waals surface area contributed by atoms with Crippen molar-refractivity contribution in [1.29, 1.82) is 0 Å². The normalized spacial score (nSPS) is 16.4. The highest BCUT2D eigenvalue weighted by atomic mass is 35.5. The van der Waals surface area contributed by atoms with Crippen LogP contribution in [-0.2, 0) is 22.4 Å². The molecule has 0 N–H and O–H groups in total. The average molecular weight is 439 g/mol. The summed E-state index contributed by atoms with van der Waals surface area (Å²) in [5, 5.41) is 4.66. The topological polar surface area (TPSA) is 41.9 Å². The number of alkyl halides is 3. The molecule has 0 bridgehead atoms. The summed E-state index contributed by atoms with van der Waals surface area (Å²) in [6, 6.07) is 12.3. The van der Waals surface area contributed by atoms with E-state index in [9.17, 15) is 18.0 Å². The van der Waals surface area contributed by atoms with Crippen LogP contribution in [0.4, 0.5) is 13.2 Å². The van der Waals surface area contributed by atoms with Crippen LogP contribution >= 0.6 is 11.6 Å². The van der Waals surface area contributed by atoms with E-state index in [0.717, 1.165) is 17.7 Å². The Morgan fingerprint density at radius 1 is 1.23 bits per heavy atom. The molecule has 0 aromatic heterocycles. The van der Waals surface area contributed by atoms with Crippen LogP contribution in [0.15, 0.2) is 53.7 Å². The first kappa shape index (κ1) is 22.2. The summed E-state index contributed by atoms with van der Waals surface area (Å²) in [4.78, 5) is 19.7. The molecule has 0 aliphatic carbocycles. The molecule has 1 aliphatic rings. The molecule has 160 valence electrons. The zero-order chi connectivity index (χ0) is 21.9. The number of carbonyl (C=O) groups excluding carboxylic acids is 1. The Bertz CT molecular complexity index is 944. The van der Waals surface area contributed by atoms with E-state index < -0.39 is 17.8 Å². The molecule has 0 fully saturated rings. The molecular weight excluding hydrogens is 417 g/mol. The Kier molecular flexibility index (Phi) is 6.71. The number of benzene rings is 2. The molecule has 2 aromatic rings. The minimum Gasteiger partial charge on any atom is -0.390 e. The summed E-state index contributed by atoms with van der Waals surface area (Å²) in [6.45, 7) is 3.78. The number of amides is 1. The number of nitrogens with zero attached hydrogens (tertiary/aromatic N) is 2. The summed E-state index contributed by atoms with van der Waals surface area (Å²) in [5.74, 6) is -0.469. The maximum Gasteiger partial charge on any atom is 0.416 e. The summed E-state index contributed by atoms with van der Waals surface area (Å²) >= 11 is 6.22. The predicted molar refractivity (Wildman–Crippen MR) is 109 cm³/mol. The lowest BCUT2D eigenvalue weighted by Crippen LogP contribution is -2.39. The van der Waals surface area contributed by atoms with Crippen molar-refractivity contribution in [3.63, 3.8) is 0 Å².